The SMILES string of the molecule is CC(C)CCCC(C)N(CC#Cc1ccccc1)C(C)CCCC(C)C. The molecule has 0 amide bonds. The Labute approximate surface area is 163 Å². The second kappa shape index (κ2) is 13.0. The van der Waals surface area contributed by atoms with Crippen molar-refractivity contribution in [2.24, 2.45) is 11.8 Å². The predicted molar refractivity (Wildman–Crippen MR) is 116 cm³/mol. The highest BCUT2D eigenvalue weighted by atomic mass is 15.2. The number of rotatable bonds is 11. The monoisotopic (exact) mass is 355 g/mol. The van der Waals surface area contributed by atoms with Crippen LogP contribution in [-0.2, 0) is 0 Å². The summed E-state index contributed by atoms with van der Waals surface area (Å²) in [4.78, 5) is 2.64. The highest BCUT2D eigenvalue weighted by Gasteiger charge is 2.19. The van der Waals surface area contributed by atoms with Crippen LogP contribution in [0.4, 0.5) is 0 Å². The molecule has 0 spiro atoms. The van der Waals surface area contributed by atoms with Crippen LogP contribution < -0.4 is 0 Å². The molecule has 1 aromatic carbocycles. The molecule has 0 aliphatic rings. The molecule has 1 aromatic rings. The van der Waals surface area contributed by atoms with Crippen molar-refractivity contribution in [2.75, 3.05) is 6.54 Å². The quantitative estimate of drug-likeness (QED) is 0.396. The van der Waals surface area contributed by atoms with Crippen molar-refractivity contribution < 1.29 is 0 Å². The number of nitrogens with zero attached hydrogens (tertiary/aromatic N) is 1. The Morgan fingerprint density at radius 2 is 1.23 bits per heavy atom. The molecule has 2 atom stereocenters. The summed E-state index contributed by atoms with van der Waals surface area (Å²) in [5, 5.41) is 0. The minimum absolute atomic E-state index is 0.605. The Hall–Kier alpha value is -1.26. The van der Waals surface area contributed by atoms with Crippen LogP contribution in [0.15, 0.2) is 30.3 Å². The van der Waals surface area contributed by atoms with Crippen molar-refractivity contribution in [2.45, 2.75) is 92.2 Å². The Morgan fingerprint density at radius 1 is 0.731 bits per heavy atom. The number of hydrogen-bond acceptors (Lipinski definition) is 1. The van der Waals surface area contributed by atoms with Gasteiger partial charge in [0.1, 0.15) is 0 Å². The van der Waals surface area contributed by atoms with Crippen LogP contribution >= 0.6 is 0 Å². The normalized spacial score (nSPS) is 13.7. The average molecular weight is 356 g/mol. The number of benzene rings is 1. The first-order valence-electron chi connectivity index (χ1n) is 10.7. The van der Waals surface area contributed by atoms with E-state index in [0.717, 1.165) is 23.9 Å². The van der Waals surface area contributed by atoms with Gasteiger partial charge in [-0.15, -0.1) is 0 Å². The van der Waals surface area contributed by atoms with Gasteiger partial charge in [0.15, 0.2) is 0 Å². The van der Waals surface area contributed by atoms with Gasteiger partial charge >= 0.3 is 0 Å². The molecule has 0 bridgehead atoms. The Kier molecular flexibility index (Phi) is 11.4. The fourth-order valence-electron chi connectivity index (χ4n) is 3.48. The summed E-state index contributed by atoms with van der Waals surface area (Å²) < 4.78 is 0. The van der Waals surface area contributed by atoms with Crippen LogP contribution in [0, 0.1) is 23.7 Å². The molecule has 0 aromatic heterocycles. The van der Waals surface area contributed by atoms with Crippen molar-refractivity contribution in [3.63, 3.8) is 0 Å². The maximum absolute atomic E-state index is 3.44. The summed E-state index contributed by atoms with van der Waals surface area (Å²) in [5.41, 5.74) is 1.12. The summed E-state index contributed by atoms with van der Waals surface area (Å²) in [6, 6.07) is 11.6. The highest BCUT2D eigenvalue weighted by molar-refractivity contribution is 5.33. The Bertz CT molecular complexity index is 500. The highest BCUT2D eigenvalue weighted by Crippen LogP contribution is 2.18. The summed E-state index contributed by atoms with van der Waals surface area (Å²) in [6.07, 6.45) is 7.85. The van der Waals surface area contributed by atoms with E-state index >= 15 is 0 Å². The molecule has 0 heterocycles. The first-order valence-corrected chi connectivity index (χ1v) is 10.7. The predicted octanol–water partition coefficient (Wildman–Crippen LogP) is 6.77. The van der Waals surface area contributed by atoms with Gasteiger partial charge in [-0.3, -0.25) is 4.90 Å². The van der Waals surface area contributed by atoms with E-state index in [9.17, 15) is 0 Å². The molecule has 0 radical (unpaired) electrons. The van der Waals surface area contributed by atoms with E-state index in [1.54, 1.807) is 0 Å². The van der Waals surface area contributed by atoms with Gasteiger partial charge < -0.3 is 0 Å². The zero-order valence-electron chi connectivity index (χ0n) is 18.1. The lowest BCUT2D eigenvalue weighted by molar-refractivity contribution is 0.153. The molecule has 2 unspecified atom stereocenters. The second-order valence-corrected chi connectivity index (χ2v) is 8.69. The lowest BCUT2D eigenvalue weighted by Gasteiger charge is -2.33. The Morgan fingerprint density at radius 3 is 1.69 bits per heavy atom. The van der Waals surface area contributed by atoms with Crippen LogP contribution in [-0.4, -0.2) is 23.5 Å². The van der Waals surface area contributed by atoms with Crippen LogP contribution in [0.5, 0.6) is 0 Å². The van der Waals surface area contributed by atoms with Crippen molar-refractivity contribution in [3.05, 3.63) is 35.9 Å². The van der Waals surface area contributed by atoms with E-state index in [1.165, 1.54) is 38.5 Å². The molecular weight excluding hydrogens is 314 g/mol. The van der Waals surface area contributed by atoms with Crippen molar-refractivity contribution in [3.8, 4) is 11.8 Å². The van der Waals surface area contributed by atoms with Gasteiger partial charge in [-0.25, -0.2) is 0 Å². The molecular formula is C25H41N. The van der Waals surface area contributed by atoms with Crippen molar-refractivity contribution in [1.82, 2.24) is 4.90 Å². The molecule has 1 nitrogen and oxygen atoms in total. The first kappa shape index (κ1) is 22.8. The third kappa shape index (κ3) is 10.0. The number of hydrogen-bond donors (Lipinski definition) is 0. The molecule has 0 fully saturated rings. The van der Waals surface area contributed by atoms with E-state index in [-0.39, 0.29) is 0 Å². The summed E-state index contributed by atoms with van der Waals surface area (Å²) >= 11 is 0. The molecule has 0 N–H and O–H groups in total. The van der Waals surface area contributed by atoms with Gasteiger partial charge in [-0.1, -0.05) is 83.4 Å². The third-order valence-corrected chi connectivity index (χ3v) is 5.21. The molecule has 26 heavy (non-hydrogen) atoms. The van der Waals surface area contributed by atoms with E-state index in [4.69, 9.17) is 0 Å². The van der Waals surface area contributed by atoms with Crippen LogP contribution in [0.3, 0.4) is 0 Å². The molecule has 146 valence electrons. The molecule has 0 saturated carbocycles. The van der Waals surface area contributed by atoms with Crippen molar-refractivity contribution >= 4 is 0 Å². The zero-order chi connectivity index (χ0) is 19.4. The van der Waals surface area contributed by atoms with Gasteiger partial charge in [0.2, 0.25) is 0 Å². The van der Waals surface area contributed by atoms with Gasteiger partial charge in [0, 0.05) is 17.6 Å². The second-order valence-electron chi connectivity index (χ2n) is 8.69. The van der Waals surface area contributed by atoms with Crippen molar-refractivity contribution in [1.29, 1.82) is 0 Å². The van der Waals surface area contributed by atoms with E-state index in [2.05, 4.69) is 82.5 Å². The lowest BCUT2D eigenvalue weighted by Crippen LogP contribution is -2.40. The minimum Gasteiger partial charge on any atom is -0.287 e. The minimum atomic E-state index is 0.605. The van der Waals surface area contributed by atoms with E-state index in [0.29, 0.717) is 12.1 Å². The topological polar surface area (TPSA) is 3.24 Å². The third-order valence-electron chi connectivity index (χ3n) is 5.21. The molecule has 1 rings (SSSR count). The van der Waals surface area contributed by atoms with E-state index in [1.807, 2.05) is 6.07 Å². The largest absolute Gasteiger partial charge is 0.287 e. The first-order chi connectivity index (χ1) is 12.4. The van der Waals surface area contributed by atoms with Gasteiger partial charge in [-0.05, 0) is 50.7 Å². The fourth-order valence-corrected chi connectivity index (χ4v) is 3.48. The lowest BCUT2D eigenvalue weighted by atomic mass is 9.99. The molecule has 0 aliphatic heterocycles. The van der Waals surface area contributed by atoms with Gasteiger partial charge in [0.25, 0.3) is 0 Å². The van der Waals surface area contributed by atoms with Crippen LogP contribution in [0.1, 0.15) is 85.6 Å². The smallest absolute Gasteiger partial charge is 0.0610 e. The maximum Gasteiger partial charge on any atom is 0.0610 e. The average Bonchev–Trinajstić information content (AvgIpc) is 2.58. The summed E-state index contributed by atoms with van der Waals surface area (Å²) in [7, 11) is 0. The maximum atomic E-state index is 3.44. The zero-order valence-corrected chi connectivity index (χ0v) is 18.1. The van der Waals surface area contributed by atoms with E-state index < -0.39 is 0 Å². The molecule has 0 saturated heterocycles. The summed E-state index contributed by atoms with van der Waals surface area (Å²) in [6.45, 7) is 14.9. The van der Waals surface area contributed by atoms with Gasteiger partial charge in [0.05, 0.1) is 6.54 Å². The molecule has 1 heteroatoms. The fraction of sp³-hybridized carbons (Fsp3) is 0.680. The molecule has 0 aliphatic carbocycles. The van der Waals surface area contributed by atoms with Crippen LogP contribution in [0.2, 0.25) is 0 Å². The van der Waals surface area contributed by atoms with Gasteiger partial charge in [-0.2, -0.15) is 0 Å². The van der Waals surface area contributed by atoms with Crippen LogP contribution in [0.25, 0.3) is 0 Å². The summed E-state index contributed by atoms with van der Waals surface area (Å²) in [5.74, 6) is 8.39. The Balaban J connectivity index is 2.65. The standard InChI is InChI=1S/C25H41N/c1-21(2)13-10-15-23(5)26(24(6)16-11-14-22(3)4)20-12-19-25-17-8-7-9-18-25/h7-9,17-18,21-24H,10-11,13-16,20H2,1-6H3.